The summed E-state index contributed by atoms with van der Waals surface area (Å²) in [5, 5.41) is 10.0. The topological polar surface area (TPSA) is 32.7 Å². The number of aromatic hydroxyl groups is 1. The summed E-state index contributed by atoms with van der Waals surface area (Å²) in [6.45, 7) is 11.4. The minimum atomic E-state index is 0.137. The minimum absolute atomic E-state index is 0.137. The number of ether oxygens (including phenoxy) is 1. The van der Waals surface area contributed by atoms with Crippen LogP contribution >= 0.6 is 0 Å². The molecule has 0 amide bonds. The van der Waals surface area contributed by atoms with Crippen molar-refractivity contribution in [3.63, 3.8) is 0 Å². The number of fused-ring (bicyclic) bond motifs is 4. The number of hydrogen-bond donors (Lipinski definition) is 1. The predicted octanol–water partition coefficient (Wildman–Crippen LogP) is 4.77. The first-order chi connectivity index (χ1) is 12.8. The molecule has 1 saturated heterocycles. The van der Waals surface area contributed by atoms with E-state index in [1.807, 2.05) is 42.5 Å². The maximum absolute atomic E-state index is 10.0. The second-order valence-corrected chi connectivity index (χ2v) is 9.10. The maximum Gasteiger partial charge on any atom is 0.119 e. The Bertz CT molecular complexity index is 816. The van der Waals surface area contributed by atoms with Gasteiger partial charge >= 0.3 is 0 Å². The Morgan fingerprint density at radius 1 is 1.15 bits per heavy atom. The van der Waals surface area contributed by atoms with Gasteiger partial charge in [0, 0.05) is 18.0 Å². The fourth-order valence-corrected chi connectivity index (χ4v) is 5.35. The molecule has 0 saturated carbocycles. The molecule has 144 valence electrons. The van der Waals surface area contributed by atoms with E-state index in [0.29, 0.717) is 11.8 Å². The zero-order valence-corrected chi connectivity index (χ0v) is 16.9. The van der Waals surface area contributed by atoms with Gasteiger partial charge in [-0.1, -0.05) is 45.0 Å². The second kappa shape index (κ2) is 6.56. The number of phenols is 1. The van der Waals surface area contributed by atoms with Crippen LogP contribution in [0.4, 0.5) is 0 Å². The molecular formula is C24H31NO2. The molecule has 1 fully saturated rings. The van der Waals surface area contributed by atoms with Crippen LogP contribution in [0.5, 0.6) is 11.5 Å². The van der Waals surface area contributed by atoms with Gasteiger partial charge in [-0.3, -0.25) is 4.90 Å². The van der Waals surface area contributed by atoms with E-state index >= 15 is 0 Å². The number of hydrogen-bond acceptors (Lipinski definition) is 3. The van der Waals surface area contributed by atoms with Crippen LogP contribution in [0, 0.1) is 5.41 Å². The van der Waals surface area contributed by atoms with Gasteiger partial charge in [0.2, 0.25) is 0 Å². The Kier molecular flexibility index (Phi) is 4.46. The first kappa shape index (κ1) is 18.4. The lowest BCUT2D eigenvalue weighted by Gasteiger charge is -2.61. The van der Waals surface area contributed by atoms with Crippen molar-refractivity contribution in [2.24, 2.45) is 5.41 Å². The van der Waals surface area contributed by atoms with Gasteiger partial charge in [0.05, 0.1) is 0 Å². The first-order valence-corrected chi connectivity index (χ1v) is 10.1. The summed E-state index contributed by atoms with van der Waals surface area (Å²) in [4.78, 5) is 2.61. The Labute approximate surface area is 163 Å². The summed E-state index contributed by atoms with van der Waals surface area (Å²) in [5.41, 5.74) is 3.04. The summed E-state index contributed by atoms with van der Waals surface area (Å²) in [7, 11) is 0. The van der Waals surface area contributed by atoms with Gasteiger partial charge < -0.3 is 9.84 Å². The molecule has 3 heteroatoms. The monoisotopic (exact) mass is 365 g/mol. The zero-order valence-electron chi connectivity index (χ0n) is 16.9. The van der Waals surface area contributed by atoms with Gasteiger partial charge in [-0.25, -0.2) is 0 Å². The maximum atomic E-state index is 10.0. The van der Waals surface area contributed by atoms with Gasteiger partial charge in [-0.15, -0.1) is 0 Å². The van der Waals surface area contributed by atoms with Crippen molar-refractivity contribution < 1.29 is 9.84 Å². The molecule has 2 bridgehead atoms. The van der Waals surface area contributed by atoms with Crippen LogP contribution in [0.25, 0.3) is 0 Å². The van der Waals surface area contributed by atoms with Gasteiger partial charge in [0.1, 0.15) is 17.6 Å². The fourth-order valence-electron chi connectivity index (χ4n) is 5.35. The number of phenolic OH excluding ortho intramolecular Hbond substituents is 1. The van der Waals surface area contributed by atoms with Crippen molar-refractivity contribution in [3.05, 3.63) is 59.7 Å². The highest BCUT2D eigenvalue weighted by atomic mass is 16.5. The van der Waals surface area contributed by atoms with E-state index in [-0.39, 0.29) is 16.9 Å². The third-order valence-corrected chi connectivity index (χ3v) is 7.26. The van der Waals surface area contributed by atoms with Crippen molar-refractivity contribution >= 4 is 0 Å². The van der Waals surface area contributed by atoms with E-state index in [9.17, 15) is 5.11 Å². The highest BCUT2D eigenvalue weighted by molar-refractivity contribution is 5.45. The number of piperidine rings is 1. The molecule has 1 heterocycles. The number of likely N-dealkylation sites (tertiary alicyclic amines) is 1. The molecule has 4 rings (SSSR count). The zero-order chi connectivity index (χ0) is 19.2. The summed E-state index contributed by atoms with van der Waals surface area (Å²) in [5.74, 6) is 1.31. The quantitative estimate of drug-likeness (QED) is 0.847. The van der Waals surface area contributed by atoms with Crippen LogP contribution in [0.15, 0.2) is 48.5 Å². The number of benzene rings is 2. The Hall–Kier alpha value is -2.00. The van der Waals surface area contributed by atoms with Crippen molar-refractivity contribution in [3.8, 4) is 11.5 Å². The molecule has 27 heavy (non-hydrogen) atoms. The van der Waals surface area contributed by atoms with E-state index in [0.717, 1.165) is 31.7 Å². The lowest BCUT2D eigenvalue weighted by Crippen LogP contribution is -2.64. The minimum Gasteiger partial charge on any atom is -0.508 e. The van der Waals surface area contributed by atoms with E-state index in [4.69, 9.17) is 4.74 Å². The SMILES string of the molecule is C[C@H](CN1CCC2(C)c3ccc(O)cc3C[C@@H]1C2(C)C)Oc1ccccc1. The normalized spacial score (nSPS) is 27.6. The molecule has 1 aliphatic carbocycles. The molecule has 0 spiro atoms. The van der Waals surface area contributed by atoms with Crippen molar-refractivity contribution in [1.29, 1.82) is 0 Å². The Balaban J connectivity index is 1.58. The average molecular weight is 366 g/mol. The molecule has 3 atom stereocenters. The fraction of sp³-hybridized carbons (Fsp3) is 0.500. The molecule has 1 N–H and O–H groups in total. The summed E-state index contributed by atoms with van der Waals surface area (Å²) < 4.78 is 6.15. The Morgan fingerprint density at radius 2 is 1.89 bits per heavy atom. The van der Waals surface area contributed by atoms with Crippen LogP contribution in [-0.2, 0) is 11.8 Å². The largest absolute Gasteiger partial charge is 0.508 e. The standard InChI is InChI=1S/C24H31NO2/c1-17(27-20-8-6-5-7-9-20)16-25-13-12-24(4)21-11-10-19(26)14-18(21)15-22(25)23(24,2)3/h5-11,14,17,22,26H,12-13,15-16H2,1-4H3/t17-,22-,24?/m1/s1. The molecule has 2 aromatic carbocycles. The van der Waals surface area contributed by atoms with Crippen molar-refractivity contribution in [1.82, 2.24) is 4.90 Å². The van der Waals surface area contributed by atoms with E-state index < -0.39 is 0 Å². The number of rotatable bonds is 4. The molecule has 0 aromatic heterocycles. The van der Waals surface area contributed by atoms with Crippen LogP contribution in [0.3, 0.4) is 0 Å². The third-order valence-electron chi connectivity index (χ3n) is 7.26. The lowest BCUT2D eigenvalue weighted by molar-refractivity contribution is -0.0496. The Morgan fingerprint density at radius 3 is 2.63 bits per heavy atom. The van der Waals surface area contributed by atoms with Crippen LogP contribution in [0.1, 0.15) is 45.2 Å². The lowest BCUT2D eigenvalue weighted by atomic mass is 9.51. The molecule has 1 aliphatic heterocycles. The molecule has 0 radical (unpaired) electrons. The number of para-hydroxylation sites is 1. The van der Waals surface area contributed by atoms with Gasteiger partial charge in [0.15, 0.2) is 0 Å². The second-order valence-electron chi connectivity index (χ2n) is 9.10. The number of nitrogens with zero attached hydrogens (tertiary/aromatic N) is 1. The van der Waals surface area contributed by atoms with Gasteiger partial charge in [-0.05, 0) is 67.1 Å². The van der Waals surface area contributed by atoms with E-state index in [1.165, 1.54) is 11.1 Å². The summed E-state index contributed by atoms with van der Waals surface area (Å²) >= 11 is 0. The smallest absolute Gasteiger partial charge is 0.119 e. The molecule has 2 aromatic rings. The van der Waals surface area contributed by atoms with E-state index in [2.05, 4.69) is 38.7 Å². The molecule has 3 nitrogen and oxygen atoms in total. The van der Waals surface area contributed by atoms with Crippen molar-refractivity contribution in [2.45, 2.75) is 58.1 Å². The summed E-state index contributed by atoms with van der Waals surface area (Å²) in [6, 6.07) is 16.5. The molecule has 1 unspecified atom stereocenters. The first-order valence-electron chi connectivity index (χ1n) is 10.1. The summed E-state index contributed by atoms with van der Waals surface area (Å²) in [6.07, 6.45) is 2.26. The highest BCUT2D eigenvalue weighted by Gasteiger charge is 2.55. The van der Waals surface area contributed by atoms with E-state index in [1.54, 1.807) is 0 Å². The van der Waals surface area contributed by atoms with Crippen molar-refractivity contribution in [2.75, 3.05) is 13.1 Å². The van der Waals surface area contributed by atoms with Crippen LogP contribution in [0.2, 0.25) is 0 Å². The highest BCUT2D eigenvalue weighted by Crippen LogP contribution is 2.56. The third kappa shape index (κ3) is 3.02. The predicted molar refractivity (Wildman–Crippen MR) is 109 cm³/mol. The molecular weight excluding hydrogens is 334 g/mol. The van der Waals surface area contributed by atoms with Gasteiger partial charge in [-0.2, -0.15) is 0 Å². The van der Waals surface area contributed by atoms with Crippen LogP contribution < -0.4 is 4.74 Å². The van der Waals surface area contributed by atoms with Gasteiger partial charge in [0.25, 0.3) is 0 Å². The molecule has 2 aliphatic rings. The average Bonchev–Trinajstić information content (AvgIpc) is 2.61. The van der Waals surface area contributed by atoms with Crippen LogP contribution in [-0.4, -0.2) is 35.2 Å².